The molecule has 2 nitrogen and oxygen atoms in total. The van der Waals surface area contributed by atoms with E-state index in [4.69, 9.17) is 16.3 Å². The first-order valence-corrected chi connectivity index (χ1v) is 7.32. The summed E-state index contributed by atoms with van der Waals surface area (Å²) >= 11 is 6.03. The van der Waals surface area contributed by atoms with Crippen molar-refractivity contribution in [1.29, 1.82) is 0 Å². The van der Waals surface area contributed by atoms with Crippen LogP contribution in [0.2, 0.25) is 5.02 Å². The molecule has 0 atom stereocenters. The Morgan fingerprint density at radius 1 is 1.14 bits per heavy atom. The molecule has 0 saturated heterocycles. The van der Waals surface area contributed by atoms with Gasteiger partial charge in [-0.2, -0.15) is 0 Å². The lowest BCUT2D eigenvalue weighted by Crippen LogP contribution is -2.22. The van der Waals surface area contributed by atoms with Crippen molar-refractivity contribution in [3.63, 3.8) is 0 Å². The predicted octanol–water partition coefficient (Wildman–Crippen LogP) is 4.98. The molecule has 2 aromatic rings. The highest BCUT2D eigenvalue weighted by molar-refractivity contribution is 6.30. The van der Waals surface area contributed by atoms with Crippen molar-refractivity contribution in [2.75, 3.05) is 0 Å². The maximum Gasteiger partial charge on any atom is 0.129 e. The van der Waals surface area contributed by atoms with Gasteiger partial charge in [0, 0.05) is 28.7 Å². The minimum Gasteiger partial charge on any atom is -0.488 e. The fourth-order valence-electron chi connectivity index (χ4n) is 1.91. The van der Waals surface area contributed by atoms with Crippen LogP contribution in [0.5, 0.6) is 5.75 Å². The minimum atomic E-state index is -0.256. The number of hydrogen-bond acceptors (Lipinski definition) is 2. The molecule has 0 saturated carbocycles. The second-order valence-corrected chi connectivity index (χ2v) is 5.60. The van der Waals surface area contributed by atoms with Crippen LogP contribution in [0.15, 0.2) is 42.5 Å². The van der Waals surface area contributed by atoms with Crippen molar-refractivity contribution in [2.45, 2.75) is 33.0 Å². The molecule has 0 bridgehead atoms. The van der Waals surface area contributed by atoms with Gasteiger partial charge in [0.1, 0.15) is 18.2 Å². The van der Waals surface area contributed by atoms with Crippen molar-refractivity contribution >= 4 is 24.0 Å². The Balaban J connectivity index is 0.00000242. The molecule has 0 heterocycles. The maximum absolute atomic E-state index is 13.6. The van der Waals surface area contributed by atoms with E-state index < -0.39 is 0 Å². The molecule has 0 radical (unpaired) electrons. The SMILES string of the molecule is CC(C)NCc1cc(Cl)ccc1OCc1ccccc1F.Cl. The number of benzene rings is 2. The van der Waals surface area contributed by atoms with E-state index in [1.54, 1.807) is 24.3 Å². The van der Waals surface area contributed by atoms with Gasteiger partial charge in [-0.3, -0.25) is 0 Å². The van der Waals surface area contributed by atoms with E-state index in [0.717, 1.165) is 11.3 Å². The van der Waals surface area contributed by atoms with Crippen LogP contribution in [0.25, 0.3) is 0 Å². The van der Waals surface area contributed by atoms with E-state index >= 15 is 0 Å². The third-order valence-corrected chi connectivity index (χ3v) is 3.30. The molecule has 0 aliphatic heterocycles. The van der Waals surface area contributed by atoms with E-state index in [1.807, 2.05) is 12.1 Å². The van der Waals surface area contributed by atoms with Crippen LogP contribution in [0.1, 0.15) is 25.0 Å². The summed E-state index contributed by atoms with van der Waals surface area (Å²) in [7, 11) is 0. The van der Waals surface area contributed by atoms with Crippen LogP contribution in [0.3, 0.4) is 0 Å². The Hall–Kier alpha value is -1.29. The zero-order chi connectivity index (χ0) is 15.2. The number of ether oxygens (including phenoxy) is 1. The first-order chi connectivity index (χ1) is 10.1. The molecule has 0 aliphatic carbocycles. The van der Waals surface area contributed by atoms with Gasteiger partial charge >= 0.3 is 0 Å². The van der Waals surface area contributed by atoms with Crippen molar-refractivity contribution in [3.05, 3.63) is 64.4 Å². The molecule has 0 aromatic heterocycles. The van der Waals surface area contributed by atoms with Crippen molar-refractivity contribution in [2.24, 2.45) is 0 Å². The van der Waals surface area contributed by atoms with Crippen LogP contribution < -0.4 is 10.1 Å². The second kappa shape index (κ2) is 8.99. The van der Waals surface area contributed by atoms with Gasteiger partial charge in [-0.05, 0) is 24.3 Å². The fourth-order valence-corrected chi connectivity index (χ4v) is 2.11. The minimum absolute atomic E-state index is 0. The zero-order valence-corrected chi connectivity index (χ0v) is 14.2. The van der Waals surface area contributed by atoms with Gasteiger partial charge in [0.05, 0.1) is 0 Å². The molecule has 0 fully saturated rings. The second-order valence-electron chi connectivity index (χ2n) is 5.17. The van der Waals surface area contributed by atoms with E-state index in [-0.39, 0.29) is 24.8 Å². The predicted molar refractivity (Wildman–Crippen MR) is 91.4 cm³/mol. The smallest absolute Gasteiger partial charge is 0.129 e. The number of nitrogens with one attached hydrogen (secondary N) is 1. The van der Waals surface area contributed by atoms with Gasteiger partial charge in [0.25, 0.3) is 0 Å². The van der Waals surface area contributed by atoms with Crippen molar-refractivity contribution < 1.29 is 9.13 Å². The average molecular weight is 344 g/mol. The summed E-state index contributed by atoms with van der Waals surface area (Å²) < 4.78 is 19.4. The topological polar surface area (TPSA) is 21.3 Å². The van der Waals surface area contributed by atoms with E-state index in [2.05, 4.69) is 19.2 Å². The summed E-state index contributed by atoms with van der Waals surface area (Å²) in [6.07, 6.45) is 0. The highest BCUT2D eigenvalue weighted by Crippen LogP contribution is 2.24. The number of halogens is 3. The van der Waals surface area contributed by atoms with Crippen LogP contribution in [-0.2, 0) is 13.2 Å². The van der Waals surface area contributed by atoms with E-state index in [9.17, 15) is 4.39 Å². The van der Waals surface area contributed by atoms with E-state index in [1.165, 1.54) is 6.07 Å². The lowest BCUT2D eigenvalue weighted by molar-refractivity contribution is 0.295. The van der Waals surface area contributed by atoms with Crippen LogP contribution in [-0.4, -0.2) is 6.04 Å². The third-order valence-electron chi connectivity index (χ3n) is 3.06. The average Bonchev–Trinajstić information content (AvgIpc) is 2.45. The molecule has 120 valence electrons. The summed E-state index contributed by atoms with van der Waals surface area (Å²) in [5, 5.41) is 3.99. The van der Waals surface area contributed by atoms with Crippen LogP contribution in [0.4, 0.5) is 4.39 Å². The molecule has 0 aliphatic rings. The Kier molecular flexibility index (Phi) is 7.66. The molecule has 2 aromatic carbocycles. The van der Waals surface area contributed by atoms with Gasteiger partial charge in [0.15, 0.2) is 0 Å². The first kappa shape index (κ1) is 18.8. The molecule has 0 amide bonds. The van der Waals surface area contributed by atoms with Gasteiger partial charge in [0.2, 0.25) is 0 Å². The van der Waals surface area contributed by atoms with Crippen LogP contribution >= 0.6 is 24.0 Å². The summed E-state index contributed by atoms with van der Waals surface area (Å²) in [5.74, 6) is 0.462. The van der Waals surface area contributed by atoms with Gasteiger partial charge in [-0.25, -0.2) is 4.39 Å². The zero-order valence-electron chi connectivity index (χ0n) is 12.6. The Labute approximate surface area is 142 Å². The molecule has 0 unspecified atom stereocenters. The molecular formula is C17H20Cl2FNO. The highest BCUT2D eigenvalue weighted by atomic mass is 35.5. The summed E-state index contributed by atoms with van der Waals surface area (Å²) in [5.41, 5.74) is 1.50. The van der Waals surface area contributed by atoms with Gasteiger partial charge < -0.3 is 10.1 Å². The molecule has 1 N–H and O–H groups in total. The Morgan fingerprint density at radius 2 is 1.86 bits per heavy atom. The van der Waals surface area contributed by atoms with Crippen LogP contribution in [0, 0.1) is 5.82 Å². The Morgan fingerprint density at radius 3 is 2.55 bits per heavy atom. The van der Waals surface area contributed by atoms with Gasteiger partial charge in [-0.15, -0.1) is 12.4 Å². The highest BCUT2D eigenvalue weighted by Gasteiger charge is 2.07. The lowest BCUT2D eigenvalue weighted by atomic mass is 10.2. The lowest BCUT2D eigenvalue weighted by Gasteiger charge is -2.14. The first-order valence-electron chi connectivity index (χ1n) is 6.94. The number of rotatable bonds is 6. The maximum atomic E-state index is 13.6. The standard InChI is InChI=1S/C17H19ClFNO.ClH/c1-12(2)20-10-14-9-15(18)7-8-17(14)21-11-13-5-3-4-6-16(13)19;/h3-9,12,20H,10-11H2,1-2H3;1H. The summed E-state index contributed by atoms with van der Waals surface area (Å²) in [6, 6.07) is 12.4. The van der Waals surface area contributed by atoms with Crippen molar-refractivity contribution in [3.8, 4) is 5.75 Å². The molecule has 0 spiro atoms. The Bertz CT molecular complexity index is 605. The molecule has 5 heteroatoms. The third kappa shape index (κ3) is 5.48. The summed E-state index contributed by atoms with van der Waals surface area (Å²) in [6.45, 7) is 5.00. The van der Waals surface area contributed by atoms with E-state index in [0.29, 0.717) is 23.2 Å². The van der Waals surface area contributed by atoms with Gasteiger partial charge in [-0.1, -0.05) is 43.6 Å². The van der Waals surface area contributed by atoms with Crippen molar-refractivity contribution in [1.82, 2.24) is 5.32 Å². The monoisotopic (exact) mass is 343 g/mol. The summed E-state index contributed by atoms with van der Waals surface area (Å²) in [4.78, 5) is 0. The fraction of sp³-hybridized carbons (Fsp3) is 0.294. The number of hydrogen-bond donors (Lipinski definition) is 1. The molecule has 2 rings (SSSR count). The molecular weight excluding hydrogens is 324 g/mol. The largest absolute Gasteiger partial charge is 0.488 e. The molecule has 22 heavy (non-hydrogen) atoms. The quantitative estimate of drug-likeness (QED) is 0.798. The normalized spacial score (nSPS) is 10.4.